The van der Waals surface area contributed by atoms with E-state index >= 15 is 0 Å². The Kier molecular flexibility index (Phi) is 10.5. The van der Waals surface area contributed by atoms with Crippen molar-refractivity contribution in [2.75, 3.05) is 26.7 Å². The first-order valence-corrected chi connectivity index (χ1v) is 10.9. The molecule has 1 aliphatic carbocycles. The number of nitrogens with zero attached hydrogens (tertiary/aromatic N) is 3. The van der Waals surface area contributed by atoms with Gasteiger partial charge in [0.05, 0.1) is 6.10 Å². The zero-order chi connectivity index (χ0) is 19.8. The van der Waals surface area contributed by atoms with Crippen LogP contribution in [0.15, 0.2) is 23.3 Å². The molecule has 0 bridgehead atoms. The van der Waals surface area contributed by atoms with Crippen molar-refractivity contribution in [2.45, 2.75) is 71.1 Å². The van der Waals surface area contributed by atoms with Gasteiger partial charge in [-0.15, -0.1) is 24.0 Å². The summed E-state index contributed by atoms with van der Waals surface area (Å²) in [7, 11) is 1.85. The van der Waals surface area contributed by atoms with E-state index in [9.17, 15) is 0 Å². The van der Waals surface area contributed by atoms with Crippen LogP contribution in [-0.4, -0.2) is 54.8 Å². The highest BCUT2D eigenvalue weighted by atomic mass is 127. The number of guanidine groups is 1. The van der Waals surface area contributed by atoms with Crippen LogP contribution in [0.5, 0.6) is 5.88 Å². The molecule has 7 heteroatoms. The molecule has 0 aromatic carbocycles. The Morgan fingerprint density at radius 3 is 2.55 bits per heavy atom. The van der Waals surface area contributed by atoms with E-state index in [0.29, 0.717) is 12.2 Å². The standard InChI is InChI=1S/C22H36N4O2.HI/c1-4-27-19-10-13-26(14-11-19)22(23-3)25-16-18-9-12-24-21(15-18)28-20-7-5-17(2)6-8-20;/h9,12,15,17,19-20H,4-8,10-11,13-14,16H2,1-3H3,(H,23,25);1H. The largest absolute Gasteiger partial charge is 0.474 e. The van der Waals surface area contributed by atoms with Crippen LogP contribution in [-0.2, 0) is 11.3 Å². The maximum absolute atomic E-state index is 6.14. The number of aromatic nitrogens is 1. The molecule has 1 saturated carbocycles. The van der Waals surface area contributed by atoms with Gasteiger partial charge in [0, 0.05) is 45.6 Å². The van der Waals surface area contributed by atoms with Crippen LogP contribution in [0.4, 0.5) is 0 Å². The Bertz CT molecular complexity index is 627. The van der Waals surface area contributed by atoms with Gasteiger partial charge >= 0.3 is 0 Å². The summed E-state index contributed by atoms with van der Waals surface area (Å²) in [4.78, 5) is 11.2. The number of hydrogen-bond donors (Lipinski definition) is 1. The summed E-state index contributed by atoms with van der Waals surface area (Å²) in [6.07, 6.45) is 9.43. The zero-order valence-electron chi connectivity index (χ0n) is 18.1. The van der Waals surface area contributed by atoms with Crippen LogP contribution >= 0.6 is 24.0 Å². The van der Waals surface area contributed by atoms with E-state index < -0.39 is 0 Å². The third kappa shape index (κ3) is 7.59. The number of aliphatic imine (C=N–C) groups is 1. The Hall–Kier alpha value is -1.09. The molecular weight excluding hydrogens is 479 g/mol. The van der Waals surface area contributed by atoms with Gasteiger partial charge in [-0.25, -0.2) is 4.98 Å². The van der Waals surface area contributed by atoms with Crippen molar-refractivity contribution in [1.29, 1.82) is 0 Å². The lowest BCUT2D eigenvalue weighted by Gasteiger charge is -2.34. The van der Waals surface area contributed by atoms with Crippen molar-refractivity contribution in [2.24, 2.45) is 10.9 Å². The quantitative estimate of drug-likeness (QED) is 0.349. The van der Waals surface area contributed by atoms with Gasteiger partial charge < -0.3 is 19.7 Å². The molecule has 2 fully saturated rings. The lowest BCUT2D eigenvalue weighted by atomic mass is 9.89. The Balaban J connectivity index is 0.00000300. The number of hydrogen-bond acceptors (Lipinski definition) is 4. The third-order valence-electron chi connectivity index (χ3n) is 5.86. The SMILES string of the molecule is CCOC1CCN(C(=NC)NCc2ccnc(OC3CCC(C)CC3)c2)CC1.I. The smallest absolute Gasteiger partial charge is 0.213 e. The van der Waals surface area contributed by atoms with E-state index in [4.69, 9.17) is 9.47 Å². The topological polar surface area (TPSA) is 59.0 Å². The highest BCUT2D eigenvalue weighted by Gasteiger charge is 2.22. The van der Waals surface area contributed by atoms with E-state index in [2.05, 4.69) is 40.1 Å². The number of pyridine rings is 1. The second-order valence-electron chi connectivity index (χ2n) is 8.04. The van der Waals surface area contributed by atoms with Crippen molar-refractivity contribution in [3.8, 4) is 5.88 Å². The first kappa shape index (κ1) is 24.2. The summed E-state index contributed by atoms with van der Waals surface area (Å²) >= 11 is 0. The highest BCUT2D eigenvalue weighted by molar-refractivity contribution is 14.0. The molecule has 29 heavy (non-hydrogen) atoms. The van der Waals surface area contributed by atoms with E-state index in [1.54, 1.807) is 0 Å². The van der Waals surface area contributed by atoms with Crippen LogP contribution in [0.3, 0.4) is 0 Å². The van der Waals surface area contributed by atoms with Crippen LogP contribution in [0, 0.1) is 5.92 Å². The van der Waals surface area contributed by atoms with E-state index in [1.807, 2.05) is 19.3 Å². The van der Waals surface area contributed by atoms with Gasteiger partial charge in [0.1, 0.15) is 6.10 Å². The second-order valence-corrected chi connectivity index (χ2v) is 8.04. The van der Waals surface area contributed by atoms with Crippen molar-refractivity contribution in [1.82, 2.24) is 15.2 Å². The lowest BCUT2D eigenvalue weighted by molar-refractivity contribution is 0.0263. The number of ether oxygens (including phenoxy) is 2. The molecule has 0 spiro atoms. The first-order chi connectivity index (χ1) is 13.7. The third-order valence-corrected chi connectivity index (χ3v) is 5.86. The number of halogens is 1. The van der Waals surface area contributed by atoms with Crippen molar-refractivity contribution >= 4 is 29.9 Å². The Morgan fingerprint density at radius 2 is 1.90 bits per heavy atom. The maximum atomic E-state index is 6.14. The normalized spacial score (nSPS) is 23.4. The number of piperidine rings is 1. The summed E-state index contributed by atoms with van der Waals surface area (Å²) in [6, 6.07) is 4.09. The molecule has 1 saturated heterocycles. The van der Waals surface area contributed by atoms with Crippen LogP contribution in [0.2, 0.25) is 0 Å². The minimum absolute atomic E-state index is 0. The molecule has 3 rings (SSSR count). The fourth-order valence-corrected chi connectivity index (χ4v) is 4.13. The molecule has 164 valence electrons. The van der Waals surface area contributed by atoms with Gasteiger partial charge in [0.15, 0.2) is 5.96 Å². The molecular formula is C22H37IN4O2. The molecule has 0 atom stereocenters. The van der Waals surface area contributed by atoms with Crippen molar-refractivity contribution in [3.05, 3.63) is 23.9 Å². The molecule has 1 aliphatic heterocycles. The van der Waals surface area contributed by atoms with E-state index in [0.717, 1.165) is 69.7 Å². The van der Waals surface area contributed by atoms with Gasteiger partial charge in [-0.2, -0.15) is 0 Å². The van der Waals surface area contributed by atoms with Crippen LogP contribution in [0.25, 0.3) is 0 Å². The second kappa shape index (κ2) is 12.6. The predicted octanol–water partition coefficient (Wildman–Crippen LogP) is 4.23. The number of likely N-dealkylation sites (tertiary alicyclic amines) is 1. The lowest BCUT2D eigenvalue weighted by Crippen LogP contribution is -2.46. The average molecular weight is 516 g/mol. The fraction of sp³-hybridized carbons (Fsp3) is 0.727. The van der Waals surface area contributed by atoms with Gasteiger partial charge in [-0.3, -0.25) is 4.99 Å². The number of nitrogens with one attached hydrogen (secondary N) is 1. The predicted molar refractivity (Wildman–Crippen MR) is 128 cm³/mol. The summed E-state index contributed by atoms with van der Waals surface area (Å²) in [5, 5.41) is 3.49. The Morgan fingerprint density at radius 1 is 1.17 bits per heavy atom. The minimum atomic E-state index is 0. The van der Waals surface area contributed by atoms with Crippen molar-refractivity contribution in [3.63, 3.8) is 0 Å². The van der Waals surface area contributed by atoms with Crippen LogP contribution in [0.1, 0.15) is 57.9 Å². The molecule has 1 aromatic rings. The minimum Gasteiger partial charge on any atom is -0.474 e. The molecule has 0 amide bonds. The zero-order valence-corrected chi connectivity index (χ0v) is 20.4. The molecule has 6 nitrogen and oxygen atoms in total. The molecule has 1 aromatic heterocycles. The monoisotopic (exact) mass is 516 g/mol. The molecule has 0 radical (unpaired) electrons. The average Bonchev–Trinajstić information content (AvgIpc) is 2.72. The summed E-state index contributed by atoms with van der Waals surface area (Å²) in [6.45, 7) is 7.87. The van der Waals surface area contributed by atoms with E-state index in [1.165, 1.54) is 18.4 Å². The van der Waals surface area contributed by atoms with Gasteiger partial charge in [0.25, 0.3) is 0 Å². The maximum Gasteiger partial charge on any atom is 0.213 e. The molecule has 0 unspecified atom stereocenters. The van der Waals surface area contributed by atoms with Crippen molar-refractivity contribution < 1.29 is 9.47 Å². The first-order valence-electron chi connectivity index (χ1n) is 10.9. The van der Waals surface area contributed by atoms with Gasteiger partial charge in [-0.05, 0) is 63.0 Å². The molecule has 2 heterocycles. The van der Waals surface area contributed by atoms with E-state index in [-0.39, 0.29) is 24.0 Å². The molecule has 2 aliphatic rings. The van der Waals surface area contributed by atoms with Crippen LogP contribution < -0.4 is 10.1 Å². The van der Waals surface area contributed by atoms with Gasteiger partial charge in [0.2, 0.25) is 5.88 Å². The number of rotatable bonds is 6. The Labute approximate surface area is 192 Å². The fourth-order valence-electron chi connectivity index (χ4n) is 4.13. The summed E-state index contributed by atoms with van der Waals surface area (Å²) in [5.41, 5.74) is 1.17. The van der Waals surface area contributed by atoms with Gasteiger partial charge in [-0.1, -0.05) is 6.92 Å². The summed E-state index contributed by atoms with van der Waals surface area (Å²) < 4.78 is 11.9. The summed E-state index contributed by atoms with van der Waals surface area (Å²) in [5.74, 6) is 2.52. The highest BCUT2D eigenvalue weighted by Crippen LogP contribution is 2.26. The molecule has 1 N–H and O–H groups in total.